The summed E-state index contributed by atoms with van der Waals surface area (Å²) in [6, 6.07) is 12.9. The summed E-state index contributed by atoms with van der Waals surface area (Å²) in [6.45, 7) is 2.87. The van der Waals surface area contributed by atoms with Gasteiger partial charge in [-0.25, -0.2) is 4.79 Å². The van der Waals surface area contributed by atoms with Gasteiger partial charge in [-0.2, -0.15) is 0 Å². The number of nitrogens with one attached hydrogen (secondary N) is 2. The van der Waals surface area contributed by atoms with Gasteiger partial charge in [-0.1, -0.05) is 36.1 Å². The van der Waals surface area contributed by atoms with Crippen molar-refractivity contribution in [3.05, 3.63) is 53.6 Å². The zero-order valence-corrected chi connectivity index (χ0v) is 15.8. The van der Waals surface area contributed by atoms with E-state index in [9.17, 15) is 4.79 Å². The molecule has 0 fully saturated rings. The van der Waals surface area contributed by atoms with Crippen molar-refractivity contribution in [2.24, 2.45) is 0 Å². The Kier molecular flexibility index (Phi) is 7.86. The van der Waals surface area contributed by atoms with Gasteiger partial charge < -0.3 is 24.8 Å². The Morgan fingerprint density at radius 1 is 0.963 bits per heavy atom. The van der Waals surface area contributed by atoms with Gasteiger partial charge in [0.15, 0.2) is 11.5 Å². The number of ether oxygens (including phenoxy) is 3. The van der Waals surface area contributed by atoms with E-state index in [-0.39, 0.29) is 19.2 Å². The highest BCUT2D eigenvalue weighted by atomic mass is 16.5. The lowest BCUT2D eigenvalue weighted by Gasteiger charge is -2.10. The van der Waals surface area contributed by atoms with E-state index in [4.69, 9.17) is 14.2 Å². The number of methoxy groups -OCH3 is 2. The second kappa shape index (κ2) is 10.6. The van der Waals surface area contributed by atoms with Gasteiger partial charge in [0.25, 0.3) is 0 Å². The molecule has 0 saturated carbocycles. The Labute approximate surface area is 159 Å². The van der Waals surface area contributed by atoms with Gasteiger partial charge in [0.2, 0.25) is 0 Å². The molecule has 0 bridgehead atoms. The molecule has 0 unspecified atom stereocenters. The number of urea groups is 1. The third-order valence-corrected chi connectivity index (χ3v) is 3.76. The molecule has 0 aliphatic heterocycles. The van der Waals surface area contributed by atoms with Crippen molar-refractivity contribution in [1.29, 1.82) is 0 Å². The predicted octanol–water partition coefficient (Wildman–Crippen LogP) is 2.89. The molecule has 0 atom stereocenters. The fraction of sp³-hybridized carbons (Fsp3) is 0.286. The number of carbonyl (C=O) groups is 1. The fourth-order valence-electron chi connectivity index (χ4n) is 2.31. The molecule has 0 aliphatic rings. The molecule has 2 amide bonds. The van der Waals surface area contributed by atoms with E-state index in [2.05, 4.69) is 22.5 Å². The van der Waals surface area contributed by atoms with Crippen LogP contribution in [0, 0.1) is 18.8 Å². The summed E-state index contributed by atoms with van der Waals surface area (Å²) >= 11 is 0. The molecule has 2 aromatic rings. The number of rotatable bonds is 7. The highest BCUT2D eigenvalue weighted by Crippen LogP contribution is 2.27. The Morgan fingerprint density at radius 3 is 2.48 bits per heavy atom. The number of benzene rings is 2. The molecular formula is C21H24N2O4. The van der Waals surface area contributed by atoms with Gasteiger partial charge in [-0.15, -0.1) is 0 Å². The SMILES string of the molecule is COc1ccc(CNC(=O)NCC#CCOc2ccccc2C)cc1OC. The van der Waals surface area contributed by atoms with Crippen LogP contribution in [0.3, 0.4) is 0 Å². The van der Waals surface area contributed by atoms with E-state index in [0.29, 0.717) is 18.0 Å². The first-order valence-corrected chi connectivity index (χ1v) is 8.50. The molecule has 27 heavy (non-hydrogen) atoms. The van der Waals surface area contributed by atoms with E-state index in [1.807, 2.05) is 43.3 Å². The van der Waals surface area contributed by atoms with E-state index in [0.717, 1.165) is 16.9 Å². The number of hydrogen-bond donors (Lipinski definition) is 2. The maximum absolute atomic E-state index is 11.8. The highest BCUT2D eigenvalue weighted by Gasteiger charge is 2.05. The van der Waals surface area contributed by atoms with Crippen molar-refractivity contribution in [3.8, 4) is 29.1 Å². The van der Waals surface area contributed by atoms with Crippen LogP contribution in [0.25, 0.3) is 0 Å². The zero-order chi connectivity index (χ0) is 19.5. The summed E-state index contributed by atoms with van der Waals surface area (Å²) in [5.74, 6) is 7.81. The normalized spacial score (nSPS) is 9.59. The molecule has 0 heterocycles. The van der Waals surface area contributed by atoms with Crippen molar-refractivity contribution in [2.75, 3.05) is 27.4 Å². The number of amides is 2. The summed E-state index contributed by atoms with van der Waals surface area (Å²) in [5, 5.41) is 5.45. The summed E-state index contributed by atoms with van der Waals surface area (Å²) in [6.07, 6.45) is 0. The number of hydrogen-bond acceptors (Lipinski definition) is 4. The van der Waals surface area contributed by atoms with Crippen LogP contribution in [0.4, 0.5) is 4.79 Å². The van der Waals surface area contributed by atoms with Gasteiger partial charge in [-0.3, -0.25) is 0 Å². The van der Waals surface area contributed by atoms with E-state index < -0.39 is 0 Å². The summed E-state index contributed by atoms with van der Waals surface area (Å²) in [7, 11) is 3.15. The average Bonchev–Trinajstić information content (AvgIpc) is 2.70. The van der Waals surface area contributed by atoms with E-state index in [1.54, 1.807) is 20.3 Å². The summed E-state index contributed by atoms with van der Waals surface area (Å²) in [4.78, 5) is 11.8. The first-order valence-electron chi connectivity index (χ1n) is 8.50. The zero-order valence-electron chi connectivity index (χ0n) is 15.8. The second-order valence-corrected chi connectivity index (χ2v) is 5.63. The van der Waals surface area contributed by atoms with Crippen LogP contribution in [0.15, 0.2) is 42.5 Å². The predicted molar refractivity (Wildman–Crippen MR) is 104 cm³/mol. The fourth-order valence-corrected chi connectivity index (χ4v) is 2.31. The molecule has 0 radical (unpaired) electrons. The lowest BCUT2D eigenvalue weighted by atomic mass is 10.2. The Balaban J connectivity index is 1.69. The van der Waals surface area contributed by atoms with Gasteiger partial charge in [0.1, 0.15) is 12.4 Å². The summed E-state index contributed by atoms with van der Waals surface area (Å²) in [5.41, 5.74) is 1.97. The third kappa shape index (κ3) is 6.48. The van der Waals surface area contributed by atoms with Crippen LogP contribution in [0.1, 0.15) is 11.1 Å². The standard InChI is InChI=1S/C21H24N2O4/c1-16-8-4-5-9-18(16)27-13-7-6-12-22-21(24)23-15-17-10-11-19(25-2)20(14-17)26-3/h4-5,8-11,14H,12-13,15H2,1-3H3,(H2,22,23,24). The van der Waals surface area contributed by atoms with Gasteiger partial charge in [-0.05, 0) is 36.2 Å². The topological polar surface area (TPSA) is 68.8 Å². The van der Waals surface area contributed by atoms with Gasteiger partial charge in [0, 0.05) is 6.54 Å². The maximum atomic E-state index is 11.8. The van der Waals surface area contributed by atoms with Crippen molar-refractivity contribution in [1.82, 2.24) is 10.6 Å². The minimum Gasteiger partial charge on any atom is -0.493 e. The van der Waals surface area contributed by atoms with Crippen LogP contribution in [-0.2, 0) is 6.54 Å². The number of carbonyl (C=O) groups excluding carboxylic acids is 1. The van der Waals surface area contributed by atoms with Crippen LogP contribution >= 0.6 is 0 Å². The lowest BCUT2D eigenvalue weighted by Crippen LogP contribution is -2.35. The van der Waals surface area contributed by atoms with E-state index in [1.165, 1.54) is 0 Å². The Hall–Kier alpha value is -3.33. The minimum atomic E-state index is -0.293. The van der Waals surface area contributed by atoms with Gasteiger partial charge in [0.05, 0.1) is 20.8 Å². The largest absolute Gasteiger partial charge is 0.493 e. The van der Waals surface area contributed by atoms with Crippen LogP contribution < -0.4 is 24.8 Å². The van der Waals surface area contributed by atoms with Crippen molar-refractivity contribution in [3.63, 3.8) is 0 Å². The van der Waals surface area contributed by atoms with Crippen LogP contribution in [0.5, 0.6) is 17.2 Å². The molecule has 0 aliphatic carbocycles. The van der Waals surface area contributed by atoms with Gasteiger partial charge >= 0.3 is 6.03 Å². The molecule has 2 aromatic carbocycles. The smallest absolute Gasteiger partial charge is 0.315 e. The average molecular weight is 368 g/mol. The molecule has 0 aromatic heterocycles. The Bertz CT molecular complexity index is 824. The molecular weight excluding hydrogens is 344 g/mol. The number of aryl methyl sites for hydroxylation is 1. The first kappa shape index (κ1) is 20.0. The third-order valence-electron chi connectivity index (χ3n) is 3.76. The molecule has 2 rings (SSSR count). The van der Waals surface area contributed by atoms with Crippen LogP contribution in [-0.4, -0.2) is 33.4 Å². The monoisotopic (exact) mass is 368 g/mol. The molecule has 0 saturated heterocycles. The number of para-hydroxylation sites is 1. The molecule has 6 heteroatoms. The Morgan fingerprint density at radius 2 is 1.74 bits per heavy atom. The van der Waals surface area contributed by atoms with Crippen molar-refractivity contribution < 1.29 is 19.0 Å². The quantitative estimate of drug-likeness (QED) is 0.738. The maximum Gasteiger partial charge on any atom is 0.315 e. The molecule has 2 N–H and O–H groups in total. The van der Waals surface area contributed by atoms with Crippen LogP contribution in [0.2, 0.25) is 0 Å². The molecule has 142 valence electrons. The van der Waals surface area contributed by atoms with Crippen molar-refractivity contribution in [2.45, 2.75) is 13.5 Å². The minimum absolute atomic E-state index is 0.245. The van der Waals surface area contributed by atoms with E-state index >= 15 is 0 Å². The first-order chi connectivity index (χ1) is 13.1. The van der Waals surface area contributed by atoms with Crippen molar-refractivity contribution >= 4 is 6.03 Å². The molecule has 0 spiro atoms. The highest BCUT2D eigenvalue weighted by molar-refractivity contribution is 5.74. The lowest BCUT2D eigenvalue weighted by molar-refractivity contribution is 0.241. The summed E-state index contributed by atoms with van der Waals surface area (Å²) < 4.78 is 16.0. The molecule has 6 nitrogen and oxygen atoms in total. The second-order valence-electron chi connectivity index (χ2n) is 5.63.